The summed E-state index contributed by atoms with van der Waals surface area (Å²) in [6, 6.07) is 2.96. The Morgan fingerprint density at radius 1 is 1.59 bits per heavy atom. The van der Waals surface area contributed by atoms with Crippen molar-refractivity contribution in [2.75, 3.05) is 25.9 Å². The fraction of sp³-hybridized carbons (Fsp3) is 0.583. The molecule has 0 aliphatic carbocycles. The summed E-state index contributed by atoms with van der Waals surface area (Å²) >= 11 is 1.95. The molecule has 0 N–H and O–H groups in total. The van der Waals surface area contributed by atoms with E-state index in [-0.39, 0.29) is 17.8 Å². The number of hydrogen-bond acceptors (Lipinski definition) is 4. The predicted molar refractivity (Wildman–Crippen MR) is 65.9 cm³/mol. The van der Waals surface area contributed by atoms with Crippen LogP contribution in [0.1, 0.15) is 6.42 Å². The van der Waals surface area contributed by atoms with Crippen LogP contribution in [0.5, 0.6) is 5.88 Å². The Morgan fingerprint density at radius 3 is 3.12 bits per heavy atom. The average Bonchev–Trinajstić information content (AvgIpc) is 2.65. The van der Waals surface area contributed by atoms with Gasteiger partial charge >= 0.3 is 0 Å². The van der Waals surface area contributed by atoms with Crippen LogP contribution in [0.2, 0.25) is 0 Å². The second-order valence-corrected chi connectivity index (χ2v) is 6.39. The van der Waals surface area contributed by atoms with Gasteiger partial charge in [0.2, 0.25) is 0 Å². The molecule has 3 rings (SSSR count). The first-order valence-electron chi connectivity index (χ1n) is 5.77. The molecule has 1 aromatic heterocycles. The van der Waals surface area contributed by atoms with Crippen molar-refractivity contribution in [3.8, 4) is 5.88 Å². The minimum Gasteiger partial charge on any atom is -0.471 e. The van der Waals surface area contributed by atoms with Gasteiger partial charge in [0.15, 0.2) is 5.82 Å². The largest absolute Gasteiger partial charge is 0.471 e. The van der Waals surface area contributed by atoms with E-state index in [1.54, 1.807) is 12.3 Å². The molecular weight excluding hydrogens is 239 g/mol. The highest BCUT2D eigenvalue weighted by Crippen LogP contribution is 2.45. The van der Waals surface area contributed by atoms with Crippen LogP contribution in [0.25, 0.3) is 0 Å². The van der Waals surface area contributed by atoms with Crippen molar-refractivity contribution in [3.05, 3.63) is 24.1 Å². The number of likely N-dealkylation sites (tertiary alicyclic amines) is 1. The highest BCUT2D eigenvalue weighted by atomic mass is 32.2. The molecule has 3 nitrogen and oxygen atoms in total. The van der Waals surface area contributed by atoms with E-state index in [4.69, 9.17) is 4.74 Å². The molecule has 0 aromatic carbocycles. The Kier molecular flexibility index (Phi) is 2.75. The zero-order chi connectivity index (χ0) is 11.9. The van der Waals surface area contributed by atoms with E-state index < -0.39 is 0 Å². The zero-order valence-corrected chi connectivity index (χ0v) is 10.5. The summed E-state index contributed by atoms with van der Waals surface area (Å²) in [5, 5.41) is 0. The van der Waals surface area contributed by atoms with Gasteiger partial charge < -0.3 is 9.64 Å². The van der Waals surface area contributed by atoms with E-state index in [9.17, 15) is 4.39 Å². The second kappa shape index (κ2) is 4.14. The zero-order valence-electron chi connectivity index (χ0n) is 9.73. The van der Waals surface area contributed by atoms with E-state index >= 15 is 0 Å². The van der Waals surface area contributed by atoms with E-state index in [2.05, 4.69) is 16.9 Å². The summed E-state index contributed by atoms with van der Waals surface area (Å²) in [7, 11) is 2.12. The van der Waals surface area contributed by atoms with Crippen molar-refractivity contribution >= 4 is 11.8 Å². The van der Waals surface area contributed by atoms with E-state index in [0.717, 1.165) is 25.3 Å². The molecule has 5 heteroatoms. The SMILES string of the molecule is CN1CC2(CC(Oc3ncccc3F)CS2)C1. The lowest BCUT2D eigenvalue weighted by atomic mass is 9.94. The van der Waals surface area contributed by atoms with Gasteiger partial charge in [0, 0.05) is 36.2 Å². The van der Waals surface area contributed by atoms with Gasteiger partial charge in [-0.25, -0.2) is 9.37 Å². The molecule has 92 valence electrons. The van der Waals surface area contributed by atoms with Gasteiger partial charge in [0.05, 0.1) is 0 Å². The first-order chi connectivity index (χ1) is 8.17. The molecule has 17 heavy (non-hydrogen) atoms. The van der Waals surface area contributed by atoms with E-state index in [0.29, 0.717) is 4.75 Å². The molecule has 2 aliphatic heterocycles. The highest BCUT2D eigenvalue weighted by Gasteiger charge is 2.48. The van der Waals surface area contributed by atoms with Gasteiger partial charge in [-0.05, 0) is 19.2 Å². The molecule has 0 bridgehead atoms. The molecular formula is C12H15FN2OS. The molecule has 1 atom stereocenters. The van der Waals surface area contributed by atoms with Crippen LogP contribution in [-0.4, -0.2) is 46.6 Å². The molecule has 3 heterocycles. The van der Waals surface area contributed by atoms with Crippen molar-refractivity contribution < 1.29 is 9.13 Å². The van der Waals surface area contributed by atoms with Crippen LogP contribution in [0.4, 0.5) is 4.39 Å². The van der Waals surface area contributed by atoms with Gasteiger partial charge in [0.1, 0.15) is 6.10 Å². The van der Waals surface area contributed by atoms with Crippen LogP contribution >= 0.6 is 11.8 Å². The molecule has 2 fully saturated rings. The lowest BCUT2D eigenvalue weighted by Gasteiger charge is -2.45. The minimum absolute atomic E-state index is 0.0955. The first kappa shape index (κ1) is 11.3. The average molecular weight is 254 g/mol. The summed E-state index contributed by atoms with van der Waals surface area (Å²) in [4.78, 5) is 6.23. The fourth-order valence-electron chi connectivity index (χ4n) is 2.65. The Morgan fingerprint density at radius 2 is 2.41 bits per heavy atom. The van der Waals surface area contributed by atoms with Crippen molar-refractivity contribution in [1.82, 2.24) is 9.88 Å². The van der Waals surface area contributed by atoms with E-state index in [1.807, 2.05) is 11.8 Å². The van der Waals surface area contributed by atoms with Gasteiger partial charge in [-0.2, -0.15) is 0 Å². The van der Waals surface area contributed by atoms with E-state index in [1.165, 1.54) is 6.07 Å². The summed E-state index contributed by atoms with van der Waals surface area (Å²) in [6.45, 7) is 2.23. The highest BCUT2D eigenvalue weighted by molar-refractivity contribution is 8.01. The Hall–Kier alpha value is -0.810. The number of aromatic nitrogens is 1. The lowest BCUT2D eigenvalue weighted by molar-refractivity contribution is 0.118. The maximum Gasteiger partial charge on any atom is 0.250 e. The Labute approximate surface area is 104 Å². The van der Waals surface area contributed by atoms with Crippen LogP contribution in [-0.2, 0) is 0 Å². The number of pyridine rings is 1. The number of rotatable bonds is 2. The lowest BCUT2D eigenvalue weighted by Crippen LogP contribution is -2.56. The second-order valence-electron chi connectivity index (χ2n) is 4.90. The summed E-state index contributed by atoms with van der Waals surface area (Å²) in [5.41, 5.74) is 0. The summed E-state index contributed by atoms with van der Waals surface area (Å²) < 4.78 is 19.4. The molecule has 0 saturated carbocycles. The molecule has 2 aliphatic rings. The third-order valence-corrected chi connectivity index (χ3v) is 4.87. The molecule has 1 aromatic rings. The Balaban J connectivity index is 1.63. The van der Waals surface area contributed by atoms with Crippen molar-refractivity contribution in [2.24, 2.45) is 0 Å². The van der Waals surface area contributed by atoms with Crippen molar-refractivity contribution in [3.63, 3.8) is 0 Å². The van der Waals surface area contributed by atoms with Crippen LogP contribution in [0.15, 0.2) is 18.3 Å². The molecule has 0 radical (unpaired) electrons. The molecule has 1 unspecified atom stereocenters. The fourth-order valence-corrected chi connectivity index (χ4v) is 4.30. The van der Waals surface area contributed by atoms with Crippen molar-refractivity contribution in [2.45, 2.75) is 17.3 Å². The van der Waals surface area contributed by atoms with Crippen LogP contribution < -0.4 is 4.74 Å². The smallest absolute Gasteiger partial charge is 0.250 e. The quantitative estimate of drug-likeness (QED) is 0.803. The predicted octanol–water partition coefficient (Wildman–Crippen LogP) is 1.79. The summed E-state index contributed by atoms with van der Waals surface area (Å²) in [5.74, 6) is 0.705. The molecule has 2 saturated heterocycles. The number of thioether (sulfide) groups is 1. The number of hydrogen-bond donors (Lipinski definition) is 0. The molecule has 0 amide bonds. The molecule has 1 spiro atoms. The third kappa shape index (κ3) is 2.13. The van der Waals surface area contributed by atoms with Gasteiger partial charge in [0.25, 0.3) is 5.88 Å². The normalized spacial score (nSPS) is 27.1. The third-order valence-electron chi connectivity index (χ3n) is 3.29. The maximum atomic E-state index is 13.4. The van der Waals surface area contributed by atoms with Gasteiger partial charge in [-0.1, -0.05) is 0 Å². The standard InChI is InChI=1S/C12H15FN2OS/c1-15-7-12(8-15)5-9(6-17-12)16-11-10(13)3-2-4-14-11/h2-4,9H,5-8H2,1H3. The Bertz CT molecular complexity index is 423. The number of nitrogens with zero attached hydrogens (tertiary/aromatic N) is 2. The first-order valence-corrected chi connectivity index (χ1v) is 6.75. The summed E-state index contributed by atoms with van der Waals surface area (Å²) in [6.07, 6.45) is 2.66. The van der Waals surface area contributed by atoms with Crippen LogP contribution in [0.3, 0.4) is 0 Å². The maximum absolute atomic E-state index is 13.4. The van der Waals surface area contributed by atoms with Gasteiger partial charge in [-0.15, -0.1) is 11.8 Å². The minimum atomic E-state index is -0.371. The number of halogens is 1. The van der Waals surface area contributed by atoms with Crippen LogP contribution in [0, 0.1) is 5.82 Å². The topological polar surface area (TPSA) is 25.4 Å². The van der Waals surface area contributed by atoms with Gasteiger partial charge in [-0.3, -0.25) is 0 Å². The monoisotopic (exact) mass is 254 g/mol. The number of ether oxygens (including phenoxy) is 1. The van der Waals surface area contributed by atoms with Crippen molar-refractivity contribution in [1.29, 1.82) is 0 Å².